The van der Waals surface area contributed by atoms with E-state index in [9.17, 15) is 0 Å². The lowest BCUT2D eigenvalue weighted by molar-refractivity contribution is 0.591. The van der Waals surface area contributed by atoms with Gasteiger partial charge in [0.05, 0.1) is 5.69 Å². The molecule has 1 unspecified atom stereocenters. The minimum atomic E-state index is 0.489. The van der Waals surface area contributed by atoms with Crippen LogP contribution in [0, 0.1) is 0 Å². The van der Waals surface area contributed by atoms with Crippen LogP contribution in [0.25, 0.3) is 0 Å². The maximum absolute atomic E-state index is 5.45. The molecule has 3 N–H and O–H groups in total. The van der Waals surface area contributed by atoms with Gasteiger partial charge in [-0.25, -0.2) is 0 Å². The van der Waals surface area contributed by atoms with Crippen LogP contribution in [0.3, 0.4) is 0 Å². The Labute approximate surface area is 77.5 Å². The molecule has 0 aromatic carbocycles. The van der Waals surface area contributed by atoms with E-state index in [-0.39, 0.29) is 0 Å². The summed E-state index contributed by atoms with van der Waals surface area (Å²) in [5.74, 6) is 0.489. The van der Waals surface area contributed by atoms with Crippen LogP contribution in [-0.4, -0.2) is 22.8 Å². The third-order valence-corrected chi connectivity index (χ3v) is 2.36. The molecule has 1 aliphatic heterocycles. The highest BCUT2D eigenvalue weighted by Gasteiger charge is 2.14. The summed E-state index contributed by atoms with van der Waals surface area (Å²) in [4.78, 5) is 0. The van der Waals surface area contributed by atoms with Crippen molar-refractivity contribution in [2.24, 2.45) is 0 Å². The number of hydrogen-bond acceptors (Lipinski definition) is 4. The topological polar surface area (TPSA) is 63.8 Å². The number of nitrogens with one attached hydrogen (secondary N) is 1. The fourth-order valence-corrected chi connectivity index (χ4v) is 1.66. The number of nitrogens with zero attached hydrogens (tertiary/aromatic N) is 2. The Kier molecular flexibility index (Phi) is 2.40. The quantitative estimate of drug-likeness (QED) is 0.686. The summed E-state index contributed by atoms with van der Waals surface area (Å²) < 4.78 is 0. The normalized spacial score (nSPS) is 22.0. The molecule has 0 bridgehead atoms. The number of nitrogens with two attached hydrogens (primary N) is 1. The number of hydrogen-bond donors (Lipinski definition) is 2. The molecule has 2 rings (SSSR count). The Bertz CT molecular complexity index is 263. The standard InChI is InChI=1S/C9H14N4/c10-9-4-3-8(12-13-9)6-7-2-1-5-11-7/h3-4,7,11H,1-2,5-6H2,(H2,10,13). The van der Waals surface area contributed by atoms with E-state index < -0.39 is 0 Å². The molecule has 4 nitrogen and oxygen atoms in total. The van der Waals surface area contributed by atoms with Crippen molar-refractivity contribution in [3.63, 3.8) is 0 Å². The second-order valence-electron chi connectivity index (χ2n) is 3.45. The van der Waals surface area contributed by atoms with Gasteiger partial charge in [-0.15, -0.1) is 5.10 Å². The van der Waals surface area contributed by atoms with Crippen LogP contribution in [0.4, 0.5) is 5.82 Å². The molecule has 1 saturated heterocycles. The molecule has 4 heteroatoms. The highest BCUT2D eigenvalue weighted by molar-refractivity contribution is 5.25. The zero-order valence-electron chi connectivity index (χ0n) is 7.53. The molecule has 0 amide bonds. The first-order chi connectivity index (χ1) is 6.34. The van der Waals surface area contributed by atoms with Gasteiger partial charge in [0, 0.05) is 12.5 Å². The van der Waals surface area contributed by atoms with E-state index in [1.165, 1.54) is 12.8 Å². The fraction of sp³-hybridized carbons (Fsp3) is 0.556. The van der Waals surface area contributed by atoms with Gasteiger partial charge in [0.15, 0.2) is 0 Å². The van der Waals surface area contributed by atoms with Crippen LogP contribution < -0.4 is 11.1 Å². The van der Waals surface area contributed by atoms with E-state index in [2.05, 4.69) is 15.5 Å². The minimum absolute atomic E-state index is 0.489. The number of nitrogen functional groups attached to an aromatic ring is 1. The minimum Gasteiger partial charge on any atom is -0.382 e. The number of rotatable bonds is 2. The summed E-state index contributed by atoms with van der Waals surface area (Å²) in [6.07, 6.45) is 3.48. The van der Waals surface area contributed by atoms with Gasteiger partial charge in [-0.1, -0.05) is 0 Å². The van der Waals surface area contributed by atoms with Crippen LogP contribution in [-0.2, 0) is 6.42 Å². The van der Waals surface area contributed by atoms with E-state index in [0.29, 0.717) is 11.9 Å². The first kappa shape index (κ1) is 8.44. The molecule has 0 aliphatic carbocycles. The number of aromatic nitrogens is 2. The van der Waals surface area contributed by atoms with Crippen LogP contribution in [0.1, 0.15) is 18.5 Å². The molecular formula is C9H14N4. The van der Waals surface area contributed by atoms with Gasteiger partial charge in [0.2, 0.25) is 0 Å². The molecule has 1 atom stereocenters. The lowest BCUT2D eigenvalue weighted by Crippen LogP contribution is -2.24. The van der Waals surface area contributed by atoms with Crippen LogP contribution >= 0.6 is 0 Å². The van der Waals surface area contributed by atoms with Gasteiger partial charge >= 0.3 is 0 Å². The van der Waals surface area contributed by atoms with Gasteiger partial charge in [0.25, 0.3) is 0 Å². The maximum atomic E-state index is 5.45. The van der Waals surface area contributed by atoms with Crippen LogP contribution in [0.2, 0.25) is 0 Å². The molecule has 0 radical (unpaired) electrons. The summed E-state index contributed by atoms with van der Waals surface area (Å²) >= 11 is 0. The first-order valence-electron chi connectivity index (χ1n) is 4.66. The van der Waals surface area contributed by atoms with Gasteiger partial charge < -0.3 is 11.1 Å². The molecule has 1 aliphatic rings. The van der Waals surface area contributed by atoms with Crippen molar-refractivity contribution in [1.82, 2.24) is 15.5 Å². The van der Waals surface area contributed by atoms with E-state index >= 15 is 0 Å². The molecule has 70 valence electrons. The third kappa shape index (κ3) is 2.15. The van der Waals surface area contributed by atoms with Crippen LogP contribution in [0.15, 0.2) is 12.1 Å². The van der Waals surface area contributed by atoms with Crippen molar-refractivity contribution in [3.8, 4) is 0 Å². The van der Waals surface area contributed by atoms with Crippen molar-refractivity contribution < 1.29 is 0 Å². The average Bonchev–Trinajstić information content (AvgIpc) is 2.62. The van der Waals surface area contributed by atoms with Crippen molar-refractivity contribution in [3.05, 3.63) is 17.8 Å². The largest absolute Gasteiger partial charge is 0.382 e. The van der Waals surface area contributed by atoms with Gasteiger partial charge in [-0.3, -0.25) is 0 Å². The summed E-state index contributed by atoms with van der Waals surface area (Å²) in [7, 11) is 0. The third-order valence-electron chi connectivity index (χ3n) is 2.36. The van der Waals surface area contributed by atoms with E-state index in [0.717, 1.165) is 18.7 Å². The summed E-state index contributed by atoms with van der Waals surface area (Å²) in [5.41, 5.74) is 6.47. The molecular weight excluding hydrogens is 164 g/mol. The first-order valence-corrected chi connectivity index (χ1v) is 4.66. The number of anilines is 1. The fourth-order valence-electron chi connectivity index (χ4n) is 1.66. The summed E-state index contributed by atoms with van der Waals surface area (Å²) in [6.45, 7) is 1.13. The summed E-state index contributed by atoms with van der Waals surface area (Å²) in [6, 6.07) is 4.33. The van der Waals surface area contributed by atoms with Crippen molar-refractivity contribution >= 4 is 5.82 Å². The monoisotopic (exact) mass is 178 g/mol. The molecule has 0 spiro atoms. The van der Waals surface area contributed by atoms with Gasteiger partial charge in [-0.2, -0.15) is 5.10 Å². The van der Waals surface area contributed by atoms with Crippen LogP contribution in [0.5, 0.6) is 0 Å². The SMILES string of the molecule is Nc1ccc(CC2CCCN2)nn1. The van der Waals surface area contributed by atoms with E-state index in [1.54, 1.807) is 6.07 Å². The predicted octanol–water partition coefficient (Wildman–Crippen LogP) is 0.353. The Hall–Kier alpha value is -1.16. The molecule has 1 aromatic heterocycles. The van der Waals surface area contributed by atoms with Crippen molar-refractivity contribution in [2.75, 3.05) is 12.3 Å². The Morgan fingerprint density at radius 3 is 3.00 bits per heavy atom. The second kappa shape index (κ2) is 3.70. The Morgan fingerprint density at radius 1 is 1.46 bits per heavy atom. The highest BCUT2D eigenvalue weighted by Crippen LogP contribution is 2.10. The van der Waals surface area contributed by atoms with Gasteiger partial charge in [-0.05, 0) is 31.5 Å². The Morgan fingerprint density at radius 2 is 2.38 bits per heavy atom. The molecule has 0 saturated carbocycles. The zero-order chi connectivity index (χ0) is 9.10. The molecule has 13 heavy (non-hydrogen) atoms. The second-order valence-corrected chi connectivity index (χ2v) is 3.45. The Balaban J connectivity index is 1.97. The van der Waals surface area contributed by atoms with Crippen molar-refractivity contribution in [1.29, 1.82) is 0 Å². The van der Waals surface area contributed by atoms with E-state index in [1.807, 2.05) is 6.07 Å². The smallest absolute Gasteiger partial charge is 0.146 e. The summed E-state index contributed by atoms with van der Waals surface area (Å²) in [5, 5.41) is 11.3. The van der Waals surface area contributed by atoms with E-state index in [4.69, 9.17) is 5.73 Å². The van der Waals surface area contributed by atoms with Gasteiger partial charge in [0.1, 0.15) is 5.82 Å². The molecule has 1 fully saturated rings. The highest BCUT2D eigenvalue weighted by atomic mass is 15.1. The maximum Gasteiger partial charge on any atom is 0.146 e. The molecule has 1 aromatic rings. The van der Waals surface area contributed by atoms with Crippen molar-refractivity contribution in [2.45, 2.75) is 25.3 Å². The zero-order valence-corrected chi connectivity index (χ0v) is 7.53. The molecule has 2 heterocycles. The lowest BCUT2D eigenvalue weighted by Gasteiger charge is -2.07. The lowest BCUT2D eigenvalue weighted by atomic mass is 10.1. The predicted molar refractivity (Wildman–Crippen MR) is 51.2 cm³/mol. The average molecular weight is 178 g/mol.